The Labute approximate surface area is 119 Å². The maximum absolute atomic E-state index is 11.7. The van der Waals surface area contributed by atoms with Crippen molar-refractivity contribution >= 4 is 11.3 Å². The molecule has 0 aliphatic heterocycles. The number of para-hydroxylation sites is 1. The van der Waals surface area contributed by atoms with Gasteiger partial charge in [-0.3, -0.25) is 4.52 Å². The van der Waals surface area contributed by atoms with Crippen LogP contribution in [-0.4, -0.2) is 5.27 Å². The molecule has 0 fully saturated rings. The zero-order chi connectivity index (χ0) is 13.8. The van der Waals surface area contributed by atoms with E-state index in [0.717, 1.165) is 12.2 Å². The third-order valence-electron chi connectivity index (χ3n) is 2.92. The van der Waals surface area contributed by atoms with Crippen LogP contribution in [0.3, 0.4) is 0 Å². The van der Waals surface area contributed by atoms with Gasteiger partial charge in [-0.1, -0.05) is 24.3 Å². The van der Waals surface area contributed by atoms with E-state index in [-0.39, 0.29) is 5.63 Å². The van der Waals surface area contributed by atoms with Crippen molar-refractivity contribution in [2.75, 3.05) is 0 Å². The first-order chi connectivity index (χ1) is 9.84. The number of aromatic amines is 1. The first-order valence-electron chi connectivity index (χ1n) is 6.25. The lowest BCUT2D eigenvalue weighted by Crippen LogP contribution is -2.40. The van der Waals surface area contributed by atoms with E-state index in [4.69, 9.17) is 4.52 Å². The Bertz CT molecular complexity index is 716. The van der Waals surface area contributed by atoms with Gasteiger partial charge in [0.25, 0.3) is 0 Å². The molecule has 0 saturated carbocycles. The summed E-state index contributed by atoms with van der Waals surface area (Å²) in [7, 11) is 0. The summed E-state index contributed by atoms with van der Waals surface area (Å²) in [5, 5.41) is 7.91. The molecule has 102 valence electrons. The molecule has 2 heterocycles. The Hall–Kier alpha value is -2.18. The van der Waals surface area contributed by atoms with Gasteiger partial charge in [-0.2, -0.15) is 0 Å². The number of hydrogen-bond acceptors (Lipinski definition) is 4. The average Bonchev–Trinajstić information content (AvgIpc) is 3.11. The van der Waals surface area contributed by atoms with Crippen molar-refractivity contribution in [2.24, 2.45) is 0 Å². The Morgan fingerprint density at radius 1 is 1.15 bits per heavy atom. The number of rotatable bonds is 5. The van der Waals surface area contributed by atoms with Gasteiger partial charge in [0.2, 0.25) is 5.69 Å². The summed E-state index contributed by atoms with van der Waals surface area (Å²) in [6.07, 6.45) is 0. The Morgan fingerprint density at radius 2 is 2.00 bits per heavy atom. The molecule has 1 aromatic carbocycles. The monoisotopic (exact) mass is 288 g/mol. The third kappa shape index (κ3) is 2.71. The van der Waals surface area contributed by atoms with Gasteiger partial charge in [0.05, 0.1) is 6.54 Å². The van der Waals surface area contributed by atoms with E-state index in [1.54, 1.807) is 16.0 Å². The van der Waals surface area contributed by atoms with Crippen LogP contribution in [0, 0.1) is 0 Å². The Balaban J connectivity index is 1.76. The lowest BCUT2D eigenvalue weighted by Gasteiger charge is -1.98. The van der Waals surface area contributed by atoms with E-state index in [1.807, 2.05) is 41.8 Å². The Morgan fingerprint density at radius 3 is 2.75 bits per heavy atom. The molecule has 5 nitrogen and oxygen atoms in total. The van der Waals surface area contributed by atoms with E-state index in [2.05, 4.69) is 16.7 Å². The quantitative estimate of drug-likeness (QED) is 0.701. The molecule has 0 atom stereocenters. The zero-order valence-electron chi connectivity index (χ0n) is 10.7. The SMILES string of the molecule is O=c1o[nH][n+](-c2ccccc2)c1CNCc1cccs1. The average molecular weight is 288 g/mol. The standard InChI is InChI=1S/C14H13N3O2S/c18-14-13(10-15-9-12-7-4-8-20-12)17(16-19-14)11-5-2-1-3-6-11/h1-8,15H,9-10H2/p+1. The minimum absolute atomic E-state index is 0.354. The molecule has 0 bridgehead atoms. The number of hydrogen-bond donors (Lipinski definition) is 2. The van der Waals surface area contributed by atoms with Crippen molar-refractivity contribution in [3.05, 3.63) is 68.8 Å². The van der Waals surface area contributed by atoms with Crippen molar-refractivity contribution in [3.63, 3.8) is 0 Å². The predicted octanol–water partition coefficient (Wildman–Crippen LogP) is 1.60. The van der Waals surface area contributed by atoms with Gasteiger partial charge in [0, 0.05) is 23.6 Å². The molecule has 2 N–H and O–H groups in total. The van der Waals surface area contributed by atoms with Crippen LogP contribution in [0.1, 0.15) is 10.6 Å². The molecule has 20 heavy (non-hydrogen) atoms. The van der Waals surface area contributed by atoms with Crippen molar-refractivity contribution in [1.29, 1.82) is 0 Å². The number of nitrogens with zero attached hydrogens (tertiary/aromatic N) is 1. The molecular weight excluding hydrogens is 274 g/mol. The highest BCUT2D eigenvalue weighted by Gasteiger charge is 2.22. The fourth-order valence-corrected chi connectivity index (χ4v) is 2.62. The second kappa shape index (κ2) is 5.85. The van der Waals surface area contributed by atoms with Crippen LogP contribution < -0.4 is 15.6 Å². The molecule has 0 radical (unpaired) electrons. The van der Waals surface area contributed by atoms with Crippen molar-refractivity contribution in [1.82, 2.24) is 10.6 Å². The highest BCUT2D eigenvalue weighted by Crippen LogP contribution is 2.07. The topological polar surface area (TPSA) is 61.9 Å². The van der Waals surface area contributed by atoms with Crippen molar-refractivity contribution < 1.29 is 9.20 Å². The fourth-order valence-electron chi connectivity index (χ4n) is 1.95. The van der Waals surface area contributed by atoms with Crippen LogP contribution >= 0.6 is 11.3 Å². The fraction of sp³-hybridized carbons (Fsp3) is 0.143. The van der Waals surface area contributed by atoms with Crippen LogP contribution in [0.4, 0.5) is 0 Å². The molecule has 6 heteroatoms. The van der Waals surface area contributed by atoms with Crippen LogP contribution in [0.25, 0.3) is 5.69 Å². The zero-order valence-corrected chi connectivity index (χ0v) is 11.5. The maximum Gasteiger partial charge on any atom is 0.431 e. The van der Waals surface area contributed by atoms with E-state index < -0.39 is 0 Å². The molecule has 3 rings (SSSR count). The summed E-state index contributed by atoms with van der Waals surface area (Å²) in [6, 6.07) is 13.6. The van der Waals surface area contributed by atoms with Gasteiger partial charge < -0.3 is 5.32 Å². The Kier molecular flexibility index (Phi) is 3.76. The van der Waals surface area contributed by atoms with Gasteiger partial charge in [0.15, 0.2) is 0 Å². The van der Waals surface area contributed by atoms with E-state index in [9.17, 15) is 4.79 Å². The van der Waals surface area contributed by atoms with E-state index >= 15 is 0 Å². The number of benzene rings is 1. The summed E-state index contributed by atoms with van der Waals surface area (Å²) >= 11 is 1.69. The normalized spacial score (nSPS) is 10.8. The van der Waals surface area contributed by atoms with Crippen LogP contribution in [0.2, 0.25) is 0 Å². The molecule has 0 spiro atoms. The maximum atomic E-state index is 11.7. The summed E-state index contributed by atoms with van der Waals surface area (Å²) < 4.78 is 6.54. The lowest BCUT2D eigenvalue weighted by molar-refractivity contribution is -0.677. The minimum Gasteiger partial charge on any atom is -0.302 e. The number of aromatic nitrogens is 2. The van der Waals surface area contributed by atoms with Crippen LogP contribution in [0.15, 0.2) is 57.2 Å². The van der Waals surface area contributed by atoms with Crippen LogP contribution in [0.5, 0.6) is 0 Å². The number of thiophene rings is 1. The number of H-pyrrole nitrogens is 1. The second-order valence-corrected chi connectivity index (χ2v) is 5.31. The third-order valence-corrected chi connectivity index (χ3v) is 3.80. The van der Waals surface area contributed by atoms with E-state index in [1.165, 1.54) is 4.88 Å². The van der Waals surface area contributed by atoms with Crippen LogP contribution in [-0.2, 0) is 13.1 Å². The molecule has 0 aliphatic carbocycles. The van der Waals surface area contributed by atoms with Gasteiger partial charge in [0.1, 0.15) is 0 Å². The summed E-state index contributed by atoms with van der Waals surface area (Å²) in [6.45, 7) is 1.18. The van der Waals surface area contributed by atoms with Crippen molar-refractivity contribution in [3.8, 4) is 5.69 Å². The molecule has 0 aliphatic rings. The predicted molar refractivity (Wildman–Crippen MR) is 75.7 cm³/mol. The second-order valence-electron chi connectivity index (χ2n) is 4.28. The number of nitrogens with one attached hydrogen (secondary N) is 2. The van der Waals surface area contributed by atoms with E-state index in [0.29, 0.717) is 12.2 Å². The van der Waals surface area contributed by atoms with Gasteiger partial charge in [-0.05, 0) is 21.4 Å². The van der Waals surface area contributed by atoms with Crippen molar-refractivity contribution in [2.45, 2.75) is 13.1 Å². The molecule has 3 aromatic rings. The highest BCUT2D eigenvalue weighted by molar-refractivity contribution is 7.09. The molecule has 0 unspecified atom stereocenters. The highest BCUT2D eigenvalue weighted by atomic mass is 32.1. The smallest absolute Gasteiger partial charge is 0.302 e. The summed E-state index contributed by atoms with van der Waals surface area (Å²) in [5.74, 6) is 0. The van der Waals surface area contributed by atoms with Gasteiger partial charge in [-0.15, -0.1) is 11.3 Å². The lowest BCUT2D eigenvalue weighted by atomic mass is 10.3. The van der Waals surface area contributed by atoms with Gasteiger partial charge >= 0.3 is 11.3 Å². The largest absolute Gasteiger partial charge is 0.431 e. The molecule has 2 aromatic heterocycles. The summed E-state index contributed by atoms with van der Waals surface area (Å²) in [4.78, 5) is 13.0. The molecule has 0 saturated heterocycles. The summed E-state index contributed by atoms with van der Waals surface area (Å²) in [5.41, 5.74) is 1.06. The first kappa shape index (κ1) is 12.8. The molecule has 0 amide bonds. The minimum atomic E-state index is -0.354. The first-order valence-corrected chi connectivity index (χ1v) is 7.13. The van der Waals surface area contributed by atoms with Gasteiger partial charge in [-0.25, -0.2) is 4.79 Å². The molecular formula is C14H14N3O2S+.